The van der Waals surface area contributed by atoms with E-state index in [0.717, 1.165) is 4.90 Å². The van der Waals surface area contributed by atoms with E-state index < -0.39 is 4.92 Å². The third kappa shape index (κ3) is 4.58. The normalized spacial score (nSPS) is 10.3. The molecular formula is C15H12ClNO3S. The van der Waals surface area contributed by atoms with Gasteiger partial charge in [0.15, 0.2) is 5.78 Å². The fourth-order valence-corrected chi connectivity index (χ4v) is 2.71. The Kier molecular flexibility index (Phi) is 5.36. The van der Waals surface area contributed by atoms with Gasteiger partial charge in [-0.05, 0) is 24.3 Å². The molecule has 0 fully saturated rings. The molecule has 6 heteroatoms. The Hall–Kier alpha value is -1.85. The number of hydrogen-bond donors (Lipinski definition) is 0. The van der Waals surface area contributed by atoms with E-state index in [-0.39, 0.29) is 11.5 Å². The summed E-state index contributed by atoms with van der Waals surface area (Å²) in [5.74, 6) is 0.517. The molecule has 0 aliphatic heterocycles. The lowest BCUT2D eigenvalue weighted by Gasteiger charge is -2.02. The van der Waals surface area contributed by atoms with Crippen LogP contribution in [-0.4, -0.2) is 16.5 Å². The second kappa shape index (κ2) is 7.24. The second-order valence-electron chi connectivity index (χ2n) is 4.28. The molecule has 0 N–H and O–H groups in total. The Morgan fingerprint density at radius 1 is 1.19 bits per heavy atom. The van der Waals surface area contributed by atoms with E-state index in [2.05, 4.69) is 0 Å². The molecule has 0 aromatic heterocycles. The largest absolute Gasteiger partial charge is 0.294 e. The van der Waals surface area contributed by atoms with Crippen molar-refractivity contribution in [1.29, 1.82) is 0 Å². The molecule has 21 heavy (non-hydrogen) atoms. The molecule has 0 saturated heterocycles. The predicted octanol–water partition coefficient (Wildman–Crippen LogP) is 4.61. The summed E-state index contributed by atoms with van der Waals surface area (Å²) in [6, 6.07) is 13.2. The van der Waals surface area contributed by atoms with Gasteiger partial charge < -0.3 is 0 Å². The number of non-ortho nitro benzene ring substituents is 1. The average Bonchev–Trinajstić information content (AvgIpc) is 2.49. The Balaban J connectivity index is 1.91. The van der Waals surface area contributed by atoms with Gasteiger partial charge in [-0.25, -0.2) is 0 Å². The van der Waals surface area contributed by atoms with E-state index in [1.165, 1.54) is 18.2 Å². The Morgan fingerprint density at radius 3 is 2.57 bits per heavy atom. The summed E-state index contributed by atoms with van der Waals surface area (Å²) in [6.07, 6.45) is 0.328. The molecule has 2 aromatic rings. The van der Waals surface area contributed by atoms with Crippen LogP contribution in [0.1, 0.15) is 16.8 Å². The molecule has 0 spiro atoms. The lowest BCUT2D eigenvalue weighted by molar-refractivity contribution is -0.384. The monoisotopic (exact) mass is 321 g/mol. The zero-order valence-electron chi connectivity index (χ0n) is 11.0. The van der Waals surface area contributed by atoms with Crippen LogP contribution in [0.4, 0.5) is 5.69 Å². The number of nitro groups is 1. The number of hydrogen-bond acceptors (Lipinski definition) is 4. The van der Waals surface area contributed by atoms with E-state index in [1.54, 1.807) is 30.0 Å². The average molecular weight is 322 g/mol. The Morgan fingerprint density at radius 2 is 1.90 bits per heavy atom. The van der Waals surface area contributed by atoms with Crippen LogP contribution >= 0.6 is 23.4 Å². The number of nitrogens with zero attached hydrogens (tertiary/aromatic N) is 1. The van der Waals surface area contributed by atoms with Crippen molar-refractivity contribution in [2.45, 2.75) is 11.3 Å². The van der Waals surface area contributed by atoms with Crippen molar-refractivity contribution in [1.82, 2.24) is 0 Å². The minimum atomic E-state index is -0.501. The van der Waals surface area contributed by atoms with Gasteiger partial charge in [-0.15, -0.1) is 11.8 Å². The highest BCUT2D eigenvalue weighted by Crippen LogP contribution is 2.22. The van der Waals surface area contributed by atoms with Crippen molar-refractivity contribution in [3.63, 3.8) is 0 Å². The lowest BCUT2D eigenvalue weighted by Crippen LogP contribution is -2.01. The van der Waals surface area contributed by atoms with E-state index in [1.807, 2.05) is 12.1 Å². The van der Waals surface area contributed by atoms with Gasteiger partial charge in [-0.2, -0.15) is 0 Å². The first-order valence-electron chi connectivity index (χ1n) is 6.22. The smallest absolute Gasteiger partial charge is 0.270 e. The summed E-state index contributed by atoms with van der Waals surface area (Å²) >= 11 is 7.35. The lowest BCUT2D eigenvalue weighted by atomic mass is 10.1. The SMILES string of the molecule is O=C(CCSc1ccc(Cl)cc1)c1cccc([N+](=O)[O-])c1. The van der Waals surface area contributed by atoms with Gasteiger partial charge in [-0.1, -0.05) is 23.7 Å². The topological polar surface area (TPSA) is 60.2 Å². The van der Waals surface area contributed by atoms with Crippen LogP contribution in [0.5, 0.6) is 0 Å². The molecule has 0 aliphatic carbocycles. The fourth-order valence-electron chi connectivity index (χ4n) is 1.73. The molecular weight excluding hydrogens is 310 g/mol. The number of thioether (sulfide) groups is 1. The molecule has 0 heterocycles. The first-order valence-corrected chi connectivity index (χ1v) is 7.58. The maximum absolute atomic E-state index is 12.0. The quantitative estimate of drug-likeness (QED) is 0.337. The van der Waals surface area contributed by atoms with Crippen LogP contribution < -0.4 is 0 Å². The maximum Gasteiger partial charge on any atom is 0.270 e. The third-order valence-corrected chi connectivity index (χ3v) is 4.06. The summed E-state index contributed by atoms with van der Waals surface area (Å²) in [7, 11) is 0. The fraction of sp³-hybridized carbons (Fsp3) is 0.133. The number of carbonyl (C=O) groups excluding carboxylic acids is 1. The van der Waals surface area contributed by atoms with Gasteiger partial charge in [0.05, 0.1) is 4.92 Å². The summed E-state index contributed by atoms with van der Waals surface area (Å²) in [5.41, 5.74) is 0.312. The van der Waals surface area contributed by atoms with Crippen molar-refractivity contribution in [2.24, 2.45) is 0 Å². The van der Waals surface area contributed by atoms with Crippen LogP contribution in [0, 0.1) is 10.1 Å². The first-order chi connectivity index (χ1) is 10.1. The molecule has 2 aromatic carbocycles. The van der Waals surface area contributed by atoms with Gasteiger partial charge in [0.2, 0.25) is 0 Å². The number of Topliss-reactive ketones (excluding diaryl/α,β-unsaturated/α-hetero) is 1. The summed E-state index contributed by atoms with van der Waals surface area (Å²) in [6.45, 7) is 0. The van der Waals surface area contributed by atoms with Crippen molar-refractivity contribution < 1.29 is 9.72 Å². The number of carbonyl (C=O) groups is 1. The highest BCUT2D eigenvalue weighted by Gasteiger charge is 2.11. The molecule has 0 aliphatic rings. The van der Waals surface area contributed by atoms with Crippen molar-refractivity contribution >= 4 is 34.8 Å². The molecule has 0 saturated carbocycles. The van der Waals surface area contributed by atoms with E-state index >= 15 is 0 Å². The van der Waals surface area contributed by atoms with Crippen molar-refractivity contribution in [3.8, 4) is 0 Å². The number of halogens is 1. The predicted molar refractivity (Wildman–Crippen MR) is 84.2 cm³/mol. The van der Waals surface area contributed by atoms with Gasteiger partial charge in [0.25, 0.3) is 5.69 Å². The zero-order chi connectivity index (χ0) is 15.2. The summed E-state index contributed by atoms with van der Waals surface area (Å²) in [4.78, 5) is 23.2. The van der Waals surface area contributed by atoms with Gasteiger partial charge in [-0.3, -0.25) is 14.9 Å². The van der Waals surface area contributed by atoms with Crippen LogP contribution in [0.25, 0.3) is 0 Å². The van der Waals surface area contributed by atoms with Crippen molar-refractivity contribution in [3.05, 3.63) is 69.2 Å². The highest BCUT2D eigenvalue weighted by molar-refractivity contribution is 7.99. The molecule has 0 radical (unpaired) electrons. The molecule has 2 rings (SSSR count). The molecule has 0 bridgehead atoms. The number of nitro benzene ring substituents is 1. The minimum Gasteiger partial charge on any atom is -0.294 e. The molecule has 108 valence electrons. The maximum atomic E-state index is 12.0. The number of rotatable bonds is 6. The molecule has 4 nitrogen and oxygen atoms in total. The Bertz CT molecular complexity index is 658. The molecule has 0 unspecified atom stereocenters. The summed E-state index contributed by atoms with van der Waals surface area (Å²) in [5, 5.41) is 11.4. The molecule has 0 amide bonds. The molecule has 0 atom stereocenters. The zero-order valence-corrected chi connectivity index (χ0v) is 12.6. The van der Waals surface area contributed by atoms with E-state index in [4.69, 9.17) is 11.6 Å². The van der Waals surface area contributed by atoms with Crippen LogP contribution in [-0.2, 0) is 0 Å². The number of ketones is 1. The third-order valence-electron chi connectivity index (χ3n) is 2.79. The van der Waals surface area contributed by atoms with Gasteiger partial charge in [0.1, 0.15) is 0 Å². The second-order valence-corrected chi connectivity index (χ2v) is 5.89. The highest BCUT2D eigenvalue weighted by atomic mass is 35.5. The summed E-state index contributed by atoms with van der Waals surface area (Å²) < 4.78 is 0. The van der Waals surface area contributed by atoms with Gasteiger partial charge in [0, 0.05) is 39.8 Å². The van der Waals surface area contributed by atoms with Gasteiger partial charge >= 0.3 is 0 Å². The Labute approximate surface area is 131 Å². The van der Waals surface area contributed by atoms with Crippen molar-refractivity contribution in [2.75, 3.05) is 5.75 Å². The number of benzene rings is 2. The van der Waals surface area contributed by atoms with E-state index in [0.29, 0.717) is 22.8 Å². The van der Waals surface area contributed by atoms with Crippen LogP contribution in [0.2, 0.25) is 5.02 Å². The minimum absolute atomic E-state index is 0.0637. The van der Waals surface area contributed by atoms with Crippen LogP contribution in [0.15, 0.2) is 53.4 Å². The first kappa shape index (κ1) is 15.5. The standard InChI is InChI=1S/C15H12ClNO3S/c16-12-4-6-14(7-5-12)21-9-8-15(18)11-2-1-3-13(10-11)17(19)20/h1-7,10H,8-9H2. The van der Waals surface area contributed by atoms with E-state index in [9.17, 15) is 14.9 Å². The van der Waals surface area contributed by atoms with Crippen LogP contribution in [0.3, 0.4) is 0 Å².